The maximum absolute atomic E-state index is 14.5. The number of carbonyl (C=O) groups excluding carboxylic acids is 4. The van der Waals surface area contributed by atoms with Crippen molar-refractivity contribution in [2.75, 3.05) is 34.1 Å². The van der Waals surface area contributed by atoms with Crippen molar-refractivity contribution in [3.63, 3.8) is 0 Å². The fourth-order valence-electron chi connectivity index (χ4n) is 7.61. The molecule has 5 atom stereocenters. The first kappa shape index (κ1) is 33.6. The van der Waals surface area contributed by atoms with E-state index in [1.165, 1.54) is 21.0 Å². The van der Waals surface area contributed by atoms with Gasteiger partial charge in [0.1, 0.15) is 11.4 Å². The van der Waals surface area contributed by atoms with Gasteiger partial charge in [0.15, 0.2) is 17.6 Å². The molecule has 1 aromatic carbocycles. The SMILES string of the molecule is COC(=O)CC(CCCC(C)(C)OC(C)=O)(OC(C)=O)C(=O)OC1C(OC)=CC2CCCN3CCc4cc5c(cc4C1C23)OCO5. The number of nitrogens with zero attached hydrogens (tertiary/aromatic N) is 1. The van der Waals surface area contributed by atoms with E-state index < -0.39 is 47.6 Å². The summed E-state index contributed by atoms with van der Waals surface area (Å²) in [7, 11) is 2.75. The lowest BCUT2D eigenvalue weighted by Crippen LogP contribution is -2.55. The summed E-state index contributed by atoms with van der Waals surface area (Å²) in [6.07, 6.45) is 3.93. The summed E-state index contributed by atoms with van der Waals surface area (Å²) in [5.74, 6) is -1.17. The van der Waals surface area contributed by atoms with Crippen molar-refractivity contribution in [3.05, 3.63) is 35.1 Å². The number of carbonyl (C=O) groups is 4. The normalized spacial score (nSPS) is 24.6. The van der Waals surface area contributed by atoms with Crippen molar-refractivity contribution in [1.82, 2.24) is 4.90 Å². The van der Waals surface area contributed by atoms with E-state index in [1.54, 1.807) is 21.0 Å². The number of piperidine rings is 1. The zero-order chi connectivity index (χ0) is 33.2. The molecule has 12 nitrogen and oxygen atoms in total. The van der Waals surface area contributed by atoms with Gasteiger partial charge in [-0.05, 0) is 94.2 Å². The first-order valence-corrected chi connectivity index (χ1v) is 16.0. The van der Waals surface area contributed by atoms with Crippen LogP contribution in [0.1, 0.15) is 83.3 Å². The number of fused-ring (bicyclic) bond motifs is 3. The van der Waals surface area contributed by atoms with Crippen LogP contribution in [0.2, 0.25) is 0 Å². The van der Waals surface area contributed by atoms with E-state index in [2.05, 4.69) is 11.0 Å². The minimum absolute atomic E-state index is 0.0142. The van der Waals surface area contributed by atoms with Crippen molar-refractivity contribution in [2.45, 2.75) is 102 Å². The smallest absolute Gasteiger partial charge is 0.351 e. The van der Waals surface area contributed by atoms with Crippen LogP contribution in [-0.2, 0) is 49.3 Å². The Kier molecular flexibility index (Phi) is 9.86. The second kappa shape index (κ2) is 13.5. The summed E-state index contributed by atoms with van der Waals surface area (Å²) in [6.45, 7) is 7.88. The highest BCUT2D eigenvalue weighted by Crippen LogP contribution is 2.50. The van der Waals surface area contributed by atoms with E-state index >= 15 is 0 Å². The van der Waals surface area contributed by atoms with Crippen molar-refractivity contribution in [1.29, 1.82) is 0 Å². The van der Waals surface area contributed by atoms with E-state index in [0.717, 1.165) is 43.5 Å². The van der Waals surface area contributed by atoms with Crippen LogP contribution in [0.3, 0.4) is 0 Å². The van der Waals surface area contributed by atoms with Gasteiger partial charge in [0, 0.05) is 32.4 Å². The highest BCUT2D eigenvalue weighted by Gasteiger charge is 2.53. The predicted octanol–water partition coefficient (Wildman–Crippen LogP) is 3.97. The Morgan fingerprint density at radius 1 is 0.978 bits per heavy atom. The standard InChI is InChI=1S/C34H45NO11/c1-20(36)45-33(3,4)11-8-12-34(46-21(2)37,18-28(38)41-6)32(39)44-31-27(40-5)16-23-9-7-13-35-14-10-22-15-25-26(43-19-42-25)17-24(22)29(31)30(23)35/h15-17,23,29-31H,7-14,18-19H2,1-6H3. The molecule has 0 bridgehead atoms. The quantitative estimate of drug-likeness (QED) is 0.255. The van der Waals surface area contributed by atoms with Gasteiger partial charge < -0.3 is 33.2 Å². The number of methoxy groups -OCH3 is 2. The van der Waals surface area contributed by atoms with Gasteiger partial charge in [-0.2, -0.15) is 0 Å². The summed E-state index contributed by atoms with van der Waals surface area (Å²) in [6, 6.07) is 4.02. The number of ether oxygens (including phenoxy) is 7. The van der Waals surface area contributed by atoms with Crippen molar-refractivity contribution in [2.24, 2.45) is 5.92 Å². The molecule has 1 aromatic rings. The topological polar surface area (TPSA) is 136 Å². The molecule has 46 heavy (non-hydrogen) atoms. The van der Waals surface area contributed by atoms with Gasteiger partial charge in [-0.3, -0.25) is 19.3 Å². The van der Waals surface area contributed by atoms with Gasteiger partial charge in [0.2, 0.25) is 12.4 Å². The maximum Gasteiger partial charge on any atom is 0.351 e. The van der Waals surface area contributed by atoms with Gasteiger partial charge >= 0.3 is 23.9 Å². The Morgan fingerprint density at radius 2 is 1.70 bits per heavy atom. The molecule has 3 heterocycles. The van der Waals surface area contributed by atoms with E-state index in [-0.39, 0.29) is 37.5 Å². The van der Waals surface area contributed by atoms with Crippen LogP contribution < -0.4 is 9.47 Å². The third kappa shape index (κ3) is 6.96. The van der Waals surface area contributed by atoms with E-state index in [1.807, 2.05) is 12.1 Å². The van der Waals surface area contributed by atoms with Crippen molar-refractivity contribution in [3.8, 4) is 11.5 Å². The monoisotopic (exact) mass is 643 g/mol. The lowest BCUT2D eigenvalue weighted by molar-refractivity contribution is -0.192. The largest absolute Gasteiger partial charge is 0.497 e. The number of esters is 4. The second-order valence-electron chi connectivity index (χ2n) is 13.2. The molecule has 0 spiro atoms. The summed E-state index contributed by atoms with van der Waals surface area (Å²) in [5, 5.41) is 0. The molecule has 0 N–H and O–H groups in total. The molecular weight excluding hydrogens is 598 g/mol. The van der Waals surface area contributed by atoms with Gasteiger partial charge in [-0.1, -0.05) is 0 Å². The molecule has 0 aromatic heterocycles. The zero-order valence-electron chi connectivity index (χ0n) is 27.6. The number of rotatable bonds is 11. The first-order chi connectivity index (χ1) is 21.9. The molecule has 0 saturated carbocycles. The molecule has 12 heteroatoms. The van der Waals surface area contributed by atoms with E-state index in [4.69, 9.17) is 33.2 Å². The molecule has 4 aliphatic rings. The van der Waals surface area contributed by atoms with Crippen molar-refractivity contribution >= 4 is 23.9 Å². The molecule has 252 valence electrons. The Hall–Kier alpha value is -3.80. The van der Waals surface area contributed by atoms with Crippen molar-refractivity contribution < 1.29 is 52.3 Å². The minimum atomic E-state index is -1.99. The Bertz CT molecular complexity index is 1390. The Morgan fingerprint density at radius 3 is 2.37 bits per heavy atom. The van der Waals surface area contributed by atoms with E-state index in [0.29, 0.717) is 23.7 Å². The Balaban J connectivity index is 1.54. The lowest BCUT2D eigenvalue weighted by atomic mass is 9.71. The third-order valence-corrected chi connectivity index (χ3v) is 9.48. The van der Waals surface area contributed by atoms with Crippen LogP contribution in [0.5, 0.6) is 11.5 Å². The van der Waals surface area contributed by atoms with Crippen LogP contribution in [-0.4, -0.2) is 86.2 Å². The molecule has 0 radical (unpaired) electrons. The third-order valence-electron chi connectivity index (χ3n) is 9.48. The lowest BCUT2D eigenvalue weighted by Gasteiger charge is -2.48. The zero-order valence-corrected chi connectivity index (χ0v) is 27.6. The Labute approximate surface area is 269 Å². The van der Waals surface area contributed by atoms with Crippen LogP contribution in [0, 0.1) is 5.92 Å². The summed E-state index contributed by atoms with van der Waals surface area (Å²) in [4.78, 5) is 53.8. The number of hydrogen-bond acceptors (Lipinski definition) is 12. The average molecular weight is 644 g/mol. The number of hydrogen-bond donors (Lipinski definition) is 0. The van der Waals surface area contributed by atoms with Crippen LogP contribution in [0.4, 0.5) is 0 Å². The fraction of sp³-hybridized carbons (Fsp3) is 0.647. The molecule has 1 saturated heterocycles. The van der Waals surface area contributed by atoms with Gasteiger partial charge in [-0.15, -0.1) is 0 Å². The first-order valence-electron chi connectivity index (χ1n) is 16.0. The van der Waals surface area contributed by atoms with Crippen LogP contribution >= 0.6 is 0 Å². The predicted molar refractivity (Wildman–Crippen MR) is 163 cm³/mol. The summed E-state index contributed by atoms with van der Waals surface area (Å²) >= 11 is 0. The molecule has 5 rings (SSSR count). The van der Waals surface area contributed by atoms with Gasteiger partial charge in [-0.25, -0.2) is 4.79 Å². The summed E-state index contributed by atoms with van der Waals surface area (Å²) < 4.78 is 39.9. The fourth-order valence-corrected chi connectivity index (χ4v) is 7.61. The molecule has 1 fully saturated rings. The van der Waals surface area contributed by atoms with Crippen LogP contribution in [0.15, 0.2) is 24.0 Å². The summed E-state index contributed by atoms with van der Waals surface area (Å²) in [5.41, 5.74) is -0.781. The number of benzene rings is 1. The van der Waals surface area contributed by atoms with Crippen LogP contribution in [0.25, 0.3) is 0 Å². The molecule has 5 unspecified atom stereocenters. The van der Waals surface area contributed by atoms with Gasteiger partial charge in [0.25, 0.3) is 0 Å². The molecule has 1 aliphatic carbocycles. The van der Waals surface area contributed by atoms with E-state index in [9.17, 15) is 19.2 Å². The molecular formula is C34H45NO11. The molecule has 3 aliphatic heterocycles. The highest BCUT2D eigenvalue weighted by molar-refractivity contribution is 5.88. The second-order valence-corrected chi connectivity index (χ2v) is 13.2. The van der Waals surface area contributed by atoms with Gasteiger partial charge in [0.05, 0.1) is 20.6 Å². The highest BCUT2D eigenvalue weighted by atomic mass is 16.7. The average Bonchev–Trinajstić information content (AvgIpc) is 3.38. The minimum Gasteiger partial charge on any atom is -0.497 e. The maximum atomic E-state index is 14.5. The molecule has 0 amide bonds.